The second-order valence-electron chi connectivity index (χ2n) is 11.9. The first-order valence-corrected chi connectivity index (χ1v) is 17.5. The van der Waals surface area contributed by atoms with E-state index >= 15 is 0 Å². The molecule has 0 aliphatic carbocycles. The maximum Gasteiger partial charge on any atom is 0.305 e. The lowest BCUT2D eigenvalue weighted by Crippen LogP contribution is -2.05. The molecular weight excluding hydrogens is 452 g/mol. The molecule has 0 aromatic heterocycles. The van der Waals surface area contributed by atoms with E-state index in [1.165, 1.54) is 180 Å². The smallest absolute Gasteiger partial charge is 0.305 e. The van der Waals surface area contributed by atoms with Crippen molar-refractivity contribution in [3.63, 3.8) is 0 Å². The van der Waals surface area contributed by atoms with Crippen molar-refractivity contribution in [2.24, 2.45) is 0 Å². The van der Waals surface area contributed by atoms with Gasteiger partial charge in [0.1, 0.15) is 0 Å². The molecule has 0 N–H and O–H groups in total. The summed E-state index contributed by atoms with van der Waals surface area (Å²) in [5, 5.41) is 0. The first-order chi connectivity index (χ1) is 18.3. The van der Waals surface area contributed by atoms with Crippen molar-refractivity contribution in [2.45, 2.75) is 213 Å². The Balaban J connectivity index is 3.10. The molecule has 222 valence electrons. The summed E-state index contributed by atoms with van der Waals surface area (Å²) >= 11 is 0. The van der Waals surface area contributed by atoms with Gasteiger partial charge in [-0.2, -0.15) is 0 Å². The Morgan fingerprint density at radius 1 is 0.351 bits per heavy atom. The number of hydrogen-bond acceptors (Lipinski definition) is 2. The van der Waals surface area contributed by atoms with Gasteiger partial charge in [0.2, 0.25) is 0 Å². The number of esters is 1. The Hall–Kier alpha value is -0.530. The van der Waals surface area contributed by atoms with Gasteiger partial charge in [0.05, 0.1) is 6.61 Å². The van der Waals surface area contributed by atoms with Gasteiger partial charge in [-0.3, -0.25) is 4.79 Å². The van der Waals surface area contributed by atoms with E-state index in [0.29, 0.717) is 13.0 Å². The number of carbonyl (C=O) groups excluding carboxylic acids is 1. The number of rotatable bonds is 32. The zero-order chi connectivity index (χ0) is 26.9. The molecule has 37 heavy (non-hydrogen) atoms. The Labute approximate surface area is 234 Å². The minimum absolute atomic E-state index is 0.0207. The topological polar surface area (TPSA) is 26.3 Å². The third-order valence-electron chi connectivity index (χ3n) is 8.00. The number of unbranched alkanes of at least 4 members (excludes halogenated alkanes) is 28. The van der Waals surface area contributed by atoms with Gasteiger partial charge in [0.15, 0.2) is 0 Å². The zero-order valence-electron chi connectivity index (χ0n) is 25.9. The van der Waals surface area contributed by atoms with Crippen LogP contribution in [-0.4, -0.2) is 12.6 Å². The van der Waals surface area contributed by atoms with E-state index < -0.39 is 0 Å². The molecule has 0 radical (unpaired) electrons. The van der Waals surface area contributed by atoms with Crippen molar-refractivity contribution in [2.75, 3.05) is 6.61 Å². The molecule has 0 unspecified atom stereocenters. The number of ether oxygens (including phenoxy) is 1. The van der Waals surface area contributed by atoms with E-state index in [1.54, 1.807) is 0 Å². The van der Waals surface area contributed by atoms with Gasteiger partial charge in [-0.15, -0.1) is 0 Å². The van der Waals surface area contributed by atoms with Crippen molar-refractivity contribution in [3.8, 4) is 0 Å². The van der Waals surface area contributed by atoms with Gasteiger partial charge in [-0.05, 0) is 12.8 Å². The molecular formula is C35H70O2. The Bertz CT molecular complexity index is 419. The Morgan fingerprint density at radius 2 is 0.595 bits per heavy atom. The lowest BCUT2D eigenvalue weighted by molar-refractivity contribution is -0.143. The minimum Gasteiger partial charge on any atom is -0.466 e. The van der Waals surface area contributed by atoms with Crippen LogP contribution in [0.3, 0.4) is 0 Å². The molecule has 2 heteroatoms. The van der Waals surface area contributed by atoms with E-state index in [0.717, 1.165) is 12.8 Å². The van der Waals surface area contributed by atoms with Crippen LogP contribution >= 0.6 is 0 Å². The largest absolute Gasteiger partial charge is 0.466 e. The second kappa shape index (κ2) is 33.5. The summed E-state index contributed by atoms with van der Waals surface area (Å²) in [6, 6.07) is 0. The van der Waals surface area contributed by atoms with Gasteiger partial charge in [0, 0.05) is 6.42 Å². The fourth-order valence-electron chi connectivity index (χ4n) is 5.37. The van der Waals surface area contributed by atoms with Crippen LogP contribution in [-0.2, 0) is 9.53 Å². The van der Waals surface area contributed by atoms with Crippen LogP contribution in [0.5, 0.6) is 0 Å². The summed E-state index contributed by atoms with van der Waals surface area (Å²) < 4.78 is 5.36. The summed E-state index contributed by atoms with van der Waals surface area (Å²) in [6.07, 6.45) is 41.8. The molecule has 0 heterocycles. The number of hydrogen-bond donors (Lipinski definition) is 0. The SMILES string of the molecule is CCCCCCCCCCCCCCCCCCCCCCCCCCC(=O)OCCCCCCCC. The molecule has 0 saturated heterocycles. The quantitative estimate of drug-likeness (QED) is 0.0648. The highest BCUT2D eigenvalue weighted by Gasteiger charge is 2.02. The van der Waals surface area contributed by atoms with E-state index in [9.17, 15) is 4.79 Å². The van der Waals surface area contributed by atoms with E-state index in [4.69, 9.17) is 4.74 Å². The monoisotopic (exact) mass is 523 g/mol. The normalized spacial score (nSPS) is 11.3. The molecule has 0 saturated carbocycles. The molecule has 0 atom stereocenters. The molecule has 0 aliphatic rings. The summed E-state index contributed by atoms with van der Waals surface area (Å²) in [5.41, 5.74) is 0. The third kappa shape index (κ3) is 33.4. The molecule has 0 aromatic carbocycles. The zero-order valence-corrected chi connectivity index (χ0v) is 25.9. The van der Waals surface area contributed by atoms with Crippen LogP contribution < -0.4 is 0 Å². The number of carbonyl (C=O) groups is 1. The van der Waals surface area contributed by atoms with E-state index in [2.05, 4.69) is 13.8 Å². The summed E-state index contributed by atoms with van der Waals surface area (Å²) in [7, 11) is 0. The highest BCUT2D eigenvalue weighted by atomic mass is 16.5. The van der Waals surface area contributed by atoms with Crippen molar-refractivity contribution in [1.29, 1.82) is 0 Å². The Kier molecular flexibility index (Phi) is 33.0. The van der Waals surface area contributed by atoms with Crippen LogP contribution in [0.4, 0.5) is 0 Å². The van der Waals surface area contributed by atoms with Crippen LogP contribution in [0.2, 0.25) is 0 Å². The van der Waals surface area contributed by atoms with Gasteiger partial charge >= 0.3 is 5.97 Å². The first-order valence-electron chi connectivity index (χ1n) is 17.5. The van der Waals surface area contributed by atoms with Crippen LogP contribution in [0.1, 0.15) is 213 Å². The predicted molar refractivity (Wildman–Crippen MR) is 165 cm³/mol. The van der Waals surface area contributed by atoms with Gasteiger partial charge in [0.25, 0.3) is 0 Å². The average Bonchev–Trinajstić information content (AvgIpc) is 2.90. The molecule has 0 spiro atoms. The maximum atomic E-state index is 11.8. The minimum atomic E-state index is 0.0207. The van der Waals surface area contributed by atoms with Gasteiger partial charge < -0.3 is 4.74 Å². The fraction of sp³-hybridized carbons (Fsp3) is 0.971. The summed E-state index contributed by atoms with van der Waals surface area (Å²) in [5.74, 6) is 0.0207. The van der Waals surface area contributed by atoms with Crippen molar-refractivity contribution < 1.29 is 9.53 Å². The fourth-order valence-corrected chi connectivity index (χ4v) is 5.37. The lowest BCUT2D eigenvalue weighted by Gasteiger charge is -2.05. The van der Waals surface area contributed by atoms with Crippen molar-refractivity contribution in [3.05, 3.63) is 0 Å². The maximum absolute atomic E-state index is 11.8. The van der Waals surface area contributed by atoms with Gasteiger partial charge in [-0.1, -0.05) is 194 Å². The van der Waals surface area contributed by atoms with Crippen LogP contribution in [0.25, 0.3) is 0 Å². The predicted octanol–water partition coefficient (Wildman–Crippen LogP) is 12.7. The lowest BCUT2D eigenvalue weighted by atomic mass is 10.0. The molecule has 0 aromatic rings. The molecule has 0 fully saturated rings. The molecule has 0 aliphatic heterocycles. The van der Waals surface area contributed by atoms with E-state index in [-0.39, 0.29) is 5.97 Å². The van der Waals surface area contributed by atoms with E-state index in [1.807, 2.05) is 0 Å². The highest BCUT2D eigenvalue weighted by molar-refractivity contribution is 5.69. The van der Waals surface area contributed by atoms with Crippen molar-refractivity contribution in [1.82, 2.24) is 0 Å². The summed E-state index contributed by atoms with van der Waals surface area (Å²) in [6.45, 7) is 5.17. The highest BCUT2D eigenvalue weighted by Crippen LogP contribution is 2.16. The third-order valence-corrected chi connectivity index (χ3v) is 8.00. The average molecular weight is 523 g/mol. The standard InChI is InChI=1S/C35H70O2/c1-3-5-7-9-11-12-13-14-15-16-17-18-19-20-21-22-23-24-25-26-27-28-29-31-33-35(36)37-34-32-30-10-8-6-4-2/h3-34H2,1-2H3. The molecule has 0 bridgehead atoms. The Morgan fingerprint density at radius 3 is 0.892 bits per heavy atom. The summed E-state index contributed by atoms with van der Waals surface area (Å²) in [4.78, 5) is 11.8. The van der Waals surface area contributed by atoms with Crippen LogP contribution in [0, 0.1) is 0 Å². The molecule has 0 rings (SSSR count). The first kappa shape index (κ1) is 36.5. The molecule has 2 nitrogen and oxygen atoms in total. The van der Waals surface area contributed by atoms with Gasteiger partial charge in [-0.25, -0.2) is 0 Å². The second-order valence-corrected chi connectivity index (χ2v) is 11.9. The van der Waals surface area contributed by atoms with Crippen molar-refractivity contribution >= 4 is 5.97 Å². The molecule has 0 amide bonds. The van der Waals surface area contributed by atoms with Crippen LogP contribution in [0.15, 0.2) is 0 Å².